The number of benzene rings is 2. The molecule has 0 bridgehead atoms. The van der Waals surface area contributed by atoms with Crippen LogP contribution in [0, 0.1) is 0 Å². The molecule has 0 unspecified atom stereocenters. The van der Waals surface area contributed by atoms with E-state index in [-0.39, 0.29) is 5.56 Å². The predicted octanol–water partition coefficient (Wildman–Crippen LogP) is 4.29. The Bertz CT molecular complexity index is 1210. The number of nitrogens with zero attached hydrogens (tertiary/aromatic N) is 3. The summed E-state index contributed by atoms with van der Waals surface area (Å²) in [5, 5.41) is 0.648. The minimum atomic E-state index is -0.126. The normalized spacial score (nSPS) is 13.3. The average Bonchev–Trinajstić information content (AvgIpc) is 3.28. The topological polar surface area (TPSA) is 39.3 Å². The number of halogens is 1. The van der Waals surface area contributed by atoms with E-state index in [9.17, 15) is 4.79 Å². The van der Waals surface area contributed by atoms with E-state index in [1.54, 1.807) is 15.2 Å². The first-order valence-corrected chi connectivity index (χ1v) is 9.05. The van der Waals surface area contributed by atoms with Gasteiger partial charge in [-0.1, -0.05) is 29.8 Å². The van der Waals surface area contributed by atoms with Crippen LogP contribution in [0.4, 0.5) is 0 Å². The highest BCUT2D eigenvalue weighted by molar-refractivity contribution is 6.30. The maximum absolute atomic E-state index is 13.0. The van der Waals surface area contributed by atoms with Crippen molar-refractivity contribution in [2.45, 2.75) is 19.3 Å². The van der Waals surface area contributed by atoms with Gasteiger partial charge in [-0.15, -0.1) is 0 Å². The van der Waals surface area contributed by atoms with Crippen LogP contribution in [0.3, 0.4) is 0 Å². The van der Waals surface area contributed by atoms with E-state index in [1.807, 2.05) is 42.7 Å². The van der Waals surface area contributed by atoms with Gasteiger partial charge >= 0.3 is 0 Å². The fraction of sp³-hybridized carbons (Fsp3) is 0.143. The van der Waals surface area contributed by atoms with Crippen LogP contribution in [0.2, 0.25) is 5.02 Å². The van der Waals surface area contributed by atoms with Crippen LogP contribution < -0.4 is 5.56 Å². The molecule has 0 aliphatic heterocycles. The molecular formula is C21H16ClN3O. The molecule has 0 N–H and O–H groups in total. The van der Waals surface area contributed by atoms with Crippen LogP contribution in [0.15, 0.2) is 65.8 Å². The van der Waals surface area contributed by atoms with Crippen molar-refractivity contribution in [2.24, 2.45) is 0 Å². The average molecular weight is 362 g/mol. The molecule has 2 aromatic carbocycles. The standard InChI is InChI=1S/C21H16ClN3O/c22-17-6-2-5-16(11-17)19-13-24-9-10-25(21(26)20(24)23-19)18-8-7-14-3-1-4-15(14)12-18/h2,5-13H,1,3-4H2. The zero-order valence-electron chi connectivity index (χ0n) is 14.0. The lowest BCUT2D eigenvalue weighted by Crippen LogP contribution is -2.20. The van der Waals surface area contributed by atoms with Gasteiger partial charge in [0.15, 0.2) is 0 Å². The van der Waals surface area contributed by atoms with Gasteiger partial charge in [0, 0.05) is 34.9 Å². The molecular weight excluding hydrogens is 346 g/mol. The molecule has 5 heteroatoms. The van der Waals surface area contributed by atoms with Crippen molar-refractivity contribution in [1.29, 1.82) is 0 Å². The molecule has 0 fully saturated rings. The van der Waals surface area contributed by atoms with Gasteiger partial charge in [-0.05, 0) is 54.7 Å². The maximum Gasteiger partial charge on any atom is 0.298 e. The molecule has 0 saturated heterocycles. The van der Waals surface area contributed by atoms with Crippen LogP contribution in [-0.4, -0.2) is 14.0 Å². The van der Waals surface area contributed by atoms with Gasteiger partial charge in [-0.25, -0.2) is 4.98 Å². The molecule has 5 rings (SSSR count). The van der Waals surface area contributed by atoms with Crippen LogP contribution >= 0.6 is 11.6 Å². The van der Waals surface area contributed by atoms with E-state index in [0.29, 0.717) is 10.7 Å². The first-order chi connectivity index (χ1) is 12.7. The highest BCUT2D eigenvalue weighted by Crippen LogP contribution is 2.25. The second kappa shape index (κ2) is 5.85. The van der Waals surface area contributed by atoms with Gasteiger partial charge < -0.3 is 4.40 Å². The Morgan fingerprint density at radius 1 is 1.00 bits per heavy atom. The first-order valence-electron chi connectivity index (χ1n) is 8.67. The molecule has 2 heterocycles. The molecule has 2 aromatic heterocycles. The van der Waals surface area contributed by atoms with E-state index in [2.05, 4.69) is 17.1 Å². The minimum absolute atomic E-state index is 0.126. The summed E-state index contributed by atoms with van der Waals surface area (Å²) in [6.45, 7) is 0. The van der Waals surface area contributed by atoms with E-state index >= 15 is 0 Å². The van der Waals surface area contributed by atoms with Crippen molar-refractivity contribution in [3.8, 4) is 16.9 Å². The molecule has 1 aliphatic rings. The van der Waals surface area contributed by atoms with Crippen molar-refractivity contribution >= 4 is 17.2 Å². The van der Waals surface area contributed by atoms with Crippen molar-refractivity contribution < 1.29 is 0 Å². The third kappa shape index (κ3) is 2.45. The van der Waals surface area contributed by atoms with Gasteiger partial charge in [-0.2, -0.15) is 0 Å². The van der Waals surface area contributed by atoms with Gasteiger partial charge in [-0.3, -0.25) is 9.36 Å². The monoisotopic (exact) mass is 361 g/mol. The number of imidazole rings is 1. The Balaban J connectivity index is 1.65. The summed E-state index contributed by atoms with van der Waals surface area (Å²) in [5.74, 6) is 0. The van der Waals surface area contributed by atoms with Crippen LogP contribution in [0.1, 0.15) is 17.5 Å². The van der Waals surface area contributed by atoms with Gasteiger partial charge in [0.25, 0.3) is 5.56 Å². The fourth-order valence-electron chi connectivity index (χ4n) is 3.68. The maximum atomic E-state index is 13.0. The van der Waals surface area contributed by atoms with Gasteiger partial charge in [0.2, 0.25) is 5.65 Å². The molecule has 0 radical (unpaired) electrons. The summed E-state index contributed by atoms with van der Waals surface area (Å²) >= 11 is 6.08. The second-order valence-electron chi connectivity index (χ2n) is 6.65. The van der Waals surface area contributed by atoms with Gasteiger partial charge in [0.1, 0.15) is 0 Å². The number of aromatic nitrogens is 3. The summed E-state index contributed by atoms with van der Waals surface area (Å²) < 4.78 is 3.44. The number of aryl methyl sites for hydroxylation is 2. The Labute approximate surface area is 155 Å². The van der Waals surface area contributed by atoms with Gasteiger partial charge in [0.05, 0.1) is 5.69 Å². The largest absolute Gasteiger partial charge is 0.300 e. The molecule has 26 heavy (non-hydrogen) atoms. The second-order valence-corrected chi connectivity index (χ2v) is 7.08. The van der Waals surface area contributed by atoms with Crippen molar-refractivity contribution in [3.63, 3.8) is 0 Å². The highest BCUT2D eigenvalue weighted by Gasteiger charge is 2.14. The molecule has 128 valence electrons. The Hall–Kier alpha value is -2.85. The quantitative estimate of drug-likeness (QED) is 0.534. The summed E-state index contributed by atoms with van der Waals surface area (Å²) in [4.78, 5) is 17.5. The summed E-state index contributed by atoms with van der Waals surface area (Å²) in [5.41, 5.74) is 5.54. The lowest BCUT2D eigenvalue weighted by atomic mass is 10.1. The molecule has 4 aromatic rings. The smallest absolute Gasteiger partial charge is 0.298 e. The summed E-state index contributed by atoms with van der Waals surface area (Å²) in [6, 6.07) is 13.8. The Kier molecular flexibility index (Phi) is 3.47. The minimum Gasteiger partial charge on any atom is -0.300 e. The van der Waals surface area contributed by atoms with Crippen LogP contribution in [0.25, 0.3) is 22.6 Å². The third-order valence-corrected chi connectivity index (χ3v) is 5.23. The predicted molar refractivity (Wildman–Crippen MR) is 103 cm³/mol. The van der Waals surface area contributed by atoms with Crippen molar-refractivity contribution in [3.05, 3.63) is 87.6 Å². The van der Waals surface area contributed by atoms with Crippen molar-refractivity contribution in [2.75, 3.05) is 0 Å². The van der Waals surface area contributed by atoms with Crippen LogP contribution in [-0.2, 0) is 12.8 Å². The zero-order valence-corrected chi connectivity index (χ0v) is 14.8. The number of hydrogen-bond acceptors (Lipinski definition) is 2. The van der Waals surface area contributed by atoms with E-state index in [1.165, 1.54) is 17.5 Å². The molecule has 0 atom stereocenters. The van der Waals surface area contributed by atoms with E-state index in [0.717, 1.165) is 29.8 Å². The first kappa shape index (κ1) is 15.4. The molecule has 1 aliphatic carbocycles. The SMILES string of the molecule is O=c1c2nc(-c3cccc(Cl)c3)cn2ccn1-c1ccc2c(c1)CCC2. The fourth-order valence-corrected chi connectivity index (χ4v) is 3.87. The Morgan fingerprint density at radius 2 is 1.88 bits per heavy atom. The van der Waals surface area contributed by atoms with E-state index < -0.39 is 0 Å². The number of fused-ring (bicyclic) bond motifs is 2. The molecule has 0 spiro atoms. The van der Waals surface area contributed by atoms with Crippen molar-refractivity contribution in [1.82, 2.24) is 14.0 Å². The number of rotatable bonds is 2. The summed E-state index contributed by atoms with van der Waals surface area (Å²) in [7, 11) is 0. The molecule has 0 saturated carbocycles. The lowest BCUT2D eigenvalue weighted by Gasteiger charge is -2.08. The molecule has 0 amide bonds. The zero-order chi connectivity index (χ0) is 17.7. The Morgan fingerprint density at radius 3 is 2.77 bits per heavy atom. The van der Waals surface area contributed by atoms with E-state index in [4.69, 9.17) is 11.6 Å². The third-order valence-electron chi connectivity index (χ3n) is 5.00. The highest BCUT2D eigenvalue weighted by atomic mass is 35.5. The van der Waals surface area contributed by atoms with Crippen LogP contribution in [0.5, 0.6) is 0 Å². The number of hydrogen-bond donors (Lipinski definition) is 0. The lowest BCUT2D eigenvalue weighted by molar-refractivity contribution is 0.910. The molecule has 4 nitrogen and oxygen atoms in total. The summed E-state index contributed by atoms with van der Waals surface area (Å²) in [6.07, 6.45) is 8.93.